The van der Waals surface area contributed by atoms with Gasteiger partial charge in [-0.05, 0) is 92.8 Å². The maximum absolute atomic E-state index is 13.6. The Hall–Kier alpha value is -2.49. The molecule has 7 nitrogen and oxygen atoms in total. The number of benzene rings is 2. The van der Waals surface area contributed by atoms with Crippen molar-refractivity contribution in [3.8, 4) is 5.75 Å². The van der Waals surface area contributed by atoms with E-state index in [1.165, 1.54) is 25.2 Å². The predicted molar refractivity (Wildman–Crippen MR) is 135 cm³/mol. The average Bonchev–Trinajstić information content (AvgIpc) is 3.30. The lowest BCUT2D eigenvalue weighted by molar-refractivity contribution is 0.0956. The average molecular weight is 506 g/mol. The van der Waals surface area contributed by atoms with Crippen molar-refractivity contribution in [3.05, 3.63) is 65.0 Å². The monoisotopic (exact) mass is 505 g/mol. The summed E-state index contributed by atoms with van der Waals surface area (Å²) in [7, 11) is -2.12. The summed E-state index contributed by atoms with van der Waals surface area (Å²) in [4.78, 5) is 12.2. The minimum atomic E-state index is -3.59. The first kappa shape index (κ1) is 27.1. The smallest absolute Gasteiger partial charge is 0.251 e. The molecule has 1 fully saturated rings. The molecule has 0 aromatic heterocycles. The zero-order valence-corrected chi connectivity index (χ0v) is 21.2. The number of hydrogen-bond acceptors (Lipinski definition) is 5. The van der Waals surface area contributed by atoms with Crippen molar-refractivity contribution in [1.29, 1.82) is 0 Å². The fourth-order valence-electron chi connectivity index (χ4n) is 4.73. The summed E-state index contributed by atoms with van der Waals surface area (Å²) >= 11 is 0. The first-order valence-corrected chi connectivity index (χ1v) is 13.8. The van der Waals surface area contributed by atoms with Gasteiger partial charge < -0.3 is 15.4 Å². The van der Waals surface area contributed by atoms with Gasteiger partial charge in [-0.25, -0.2) is 17.9 Å². The van der Waals surface area contributed by atoms with Gasteiger partial charge in [-0.3, -0.25) is 4.79 Å². The van der Waals surface area contributed by atoms with Crippen molar-refractivity contribution in [2.24, 2.45) is 11.1 Å². The van der Waals surface area contributed by atoms with E-state index in [9.17, 15) is 17.6 Å². The van der Waals surface area contributed by atoms with Crippen LogP contribution in [0.5, 0.6) is 5.75 Å². The maximum atomic E-state index is 13.6. The van der Waals surface area contributed by atoms with Crippen molar-refractivity contribution in [2.75, 3.05) is 26.0 Å². The molecule has 2 aromatic rings. The molecule has 0 heterocycles. The molecule has 1 aliphatic rings. The van der Waals surface area contributed by atoms with Crippen molar-refractivity contribution in [3.63, 3.8) is 0 Å². The molecule has 1 aliphatic carbocycles. The van der Waals surface area contributed by atoms with Gasteiger partial charge in [0.05, 0.1) is 12.9 Å². The summed E-state index contributed by atoms with van der Waals surface area (Å²) in [6, 6.07) is 12.7. The minimum absolute atomic E-state index is 0.00451. The van der Waals surface area contributed by atoms with Crippen LogP contribution in [0.3, 0.4) is 0 Å². The van der Waals surface area contributed by atoms with E-state index in [2.05, 4.69) is 17.6 Å². The van der Waals surface area contributed by atoms with Crippen LogP contribution in [0.4, 0.5) is 4.39 Å². The molecule has 3 atom stereocenters. The maximum Gasteiger partial charge on any atom is 0.251 e. The second-order valence-corrected chi connectivity index (χ2v) is 11.1. The van der Waals surface area contributed by atoms with Crippen LogP contribution in [0.25, 0.3) is 0 Å². The molecule has 192 valence electrons. The highest BCUT2D eigenvalue weighted by Crippen LogP contribution is 2.40. The van der Waals surface area contributed by atoms with Gasteiger partial charge >= 0.3 is 0 Å². The topological polar surface area (TPSA) is 111 Å². The number of halogens is 1. The second kappa shape index (κ2) is 12.5. The van der Waals surface area contributed by atoms with E-state index in [0.717, 1.165) is 37.8 Å². The molecule has 2 aromatic carbocycles. The molecule has 1 saturated carbocycles. The molecule has 0 aliphatic heterocycles. The van der Waals surface area contributed by atoms with E-state index in [1.807, 2.05) is 12.1 Å². The van der Waals surface area contributed by atoms with Crippen molar-refractivity contribution in [1.82, 2.24) is 10.6 Å². The van der Waals surface area contributed by atoms with Gasteiger partial charge in [-0.1, -0.05) is 18.2 Å². The quantitative estimate of drug-likeness (QED) is 0.379. The number of nitrogens with two attached hydrogens (primary N) is 1. The molecule has 4 N–H and O–H groups in total. The first-order valence-electron chi connectivity index (χ1n) is 12.1. The van der Waals surface area contributed by atoms with Crippen LogP contribution in [0.2, 0.25) is 0 Å². The van der Waals surface area contributed by atoms with E-state index in [1.54, 1.807) is 24.3 Å². The summed E-state index contributed by atoms with van der Waals surface area (Å²) in [6.07, 6.45) is 5.73. The van der Waals surface area contributed by atoms with E-state index >= 15 is 0 Å². The van der Waals surface area contributed by atoms with Crippen LogP contribution in [0.15, 0.2) is 42.5 Å². The normalized spacial score (nSPS) is 18.9. The molecular weight excluding hydrogens is 469 g/mol. The Morgan fingerprint density at radius 1 is 1.17 bits per heavy atom. The number of amides is 1. The Kier molecular flexibility index (Phi) is 9.65. The number of primary sulfonamides is 1. The molecular formula is C26H36FN3O4S. The highest BCUT2D eigenvalue weighted by atomic mass is 32.2. The third kappa shape index (κ3) is 8.30. The number of rotatable bonds is 12. The van der Waals surface area contributed by atoms with Crippen LogP contribution >= 0.6 is 0 Å². The number of carbonyl (C=O) groups is 1. The molecule has 3 unspecified atom stereocenters. The highest BCUT2D eigenvalue weighted by molar-refractivity contribution is 7.89. The second-order valence-electron chi connectivity index (χ2n) is 9.33. The number of nitrogens with one attached hydrogen (secondary N) is 2. The van der Waals surface area contributed by atoms with Crippen molar-refractivity contribution < 1.29 is 22.3 Å². The summed E-state index contributed by atoms with van der Waals surface area (Å²) in [5.74, 6) is 0.518. The summed E-state index contributed by atoms with van der Waals surface area (Å²) < 4.78 is 40.6. The first-order chi connectivity index (χ1) is 16.7. The summed E-state index contributed by atoms with van der Waals surface area (Å²) in [6.45, 7) is 2.97. The van der Waals surface area contributed by atoms with Crippen LogP contribution in [0, 0.1) is 11.7 Å². The Labute approximate surface area is 207 Å². The molecule has 1 amide bonds. The standard InChI is InChI=1S/C26H36FN3O4S/c1-18(22-11-12-24(27)25(17-22)34-2)29-13-3-4-19-5-6-23(16-19)20-7-9-21(10-8-20)26(31)30-14-15-35(28,32)33/h7-12,17-19,23,29H,3-6,13-16H2,1-2H3,(H,30,31)(H2,28,32,33). The Morgan fingerprint density at radius 2 is 1.91 bits per heavy atom. The Morgan fingerprint density at radius 3 is 2.60 bits per heavy atom. The number of hydrogen-bond donors (Lipinski definition) is 3. The van der Waals surface area contributed by atoms with Gasteiger partial charge in [-0.15, -0.1) is 0 Å². The van der Waals surface area contributed by atoms with Crippen molar-refractivity contribution >= 4 is 15.9 Å². The van der Waals surface area contributed by atoms with E-state index in [-0.39, 0.29) is 35.8 Å². The minimum Gasteiger partial charge on any atom is -0.494 e. The molecule has 0 saturated heterocycles. The molecule has 0 spiro atoms. The van der Waals surface area contributed by atoms with Gasteiger partial charge in [0.25, 0.3) is 5.91 Å². The SMILES string of the molecule is COc1cc(C(C)NCCCC2CCC(c3ccc(C(=O)NCCS(N)(=O)=O)cc3)C2)ccc1F. The van der Waals surface area contributed by atoms with Gasteiger partial charge in [0.1, 0.15) is 0 Å². The summed E-state index contributed by atoms with van der Waals surface area (Å²) in [5, 5.41) is 11.1. The third-order valence-corrected chi connectivity index (χ3v) is 7.55. The Balaban J connectivity index is 1.39. The van der Waals surface area contributed by atoms with Gasteiger partial charge in [0.15, 0.2) is 11.6 Å². The zero-order valence-electron chi connectivity index (χ0n) is 20.4. The predicted octanol–water partition coefficient (Wildman–Crippen LogP) is 3.87. The van der Waals surface area contributed by atoms with Crippen molar-refractivity contribution in [2.45, 2.75) is 51.0 Å². The number of sulfonamides is 1. The molecule has 0 bridgehead atoms. The molecule has 0 radical (unpaired) electrons. The van der Waals surface area contributed by atoms with Crippen LogP contribution < -0.4 is 20.5 Å². The van der Waals surface area contributed by atoms with E-state index in [0.29, 0.717) is 17.4 Å². The van der Waals surface area contributed by atoms with E-state index in [4.69, 9.17) is 9.88 Å². The number of methoxy groups -OCH3 is 1. The molecule has 9 heteroatoms. The van der Waals surface area contributed by atoms with Gasteiger partial charge in [0.2, 0.25) is 10.0 Å². The van der Waals surface area contributed by atoms with Gasteiger partial charge in [0, 0.05) is 18.2 Å². The van der Waals surface area contributed by atoms with E-state index < -0.39 is 10.0 Å². The fraction of sp³-hybridized carbons (Fsp3) is 0.500. The number of ether oxygens (including phenoxy) is 1. The Bertz CT molecular complexity index is 1090. The lowest BCUT2D eigenvalue weighted by Crippen LogP contribution is -2.31. The fourth-order valence-corrected chi connectivity index (χ4v) is 5.11. The number of carbonyl (C=O) groups excluding carboxylic acids is 1. The lowest BCUT2D eigenvalue weighted by Gasteiger charge is -2.17. The van der Waals surface area contributed by atoms with Crippen LogP contribution in [-0.4, -0.2) is 40.3 Å². The zero-order chi connectivity index (χ0) is 25.4. The van der Waals surface area contributed by atoms with Gasteiger partial charge in [-0.2, -0.15) is 0 Å². The van der Waals surface area contributed by atoms with Crippen LogP contribution in [-0.2, 0) is 10.0 Å². The largest absolute Gasteiger partial charge is 0.494 e. The molecule has 35 heavy (non-hydrogen) atoms. The highest BCUT2D eigenvalue weighted by Gasteiger charge is 2.25. The molecule has 3 rings (SSSR count). The summed E-state index contributed by atoms with van der Waals surface area (Å²) in [5.41, 5.74) is 2.76. The third-order valence-electron chi connectivity index (χ3n) is 6.77. The lowest BCUT2D eigenvalue weighted by atomic mass is 9.94. The van der Waals surface area contributed by atoms with Crippen LogP contribution in [0.1, 0.15) is 72.5 Å².